The van der Waals surface area contributed by atoms with Crippen molar-refractivity contribution in [1.29, 1.82) is 0 Å². The zero-order valence-corrected chi connectivity index (χ0v) is 12.2. The molecule has 0 spiro atoms. The molecule has 0 radical (unpaired) electrons. The molecule has 2 atom stereocenters. The molecule has 2 unspecified atom stereocenters. The fourth-order valence-corrected chi connectivity index (χ4v) is 4.08. The maximum absolute atomic E-state index is 12.4. The monoisotopic (exact) mass is 272 g/mol. The van der Waals surface area contributed by atoms with Crippen molar-refractivity contribution in [3.8, 4) is 0 Å². The van der Waals surface area contributed by atoms with Gasteiger partial charge in [-0.3, -0.25) is 4.79 Å². The lowest BCUT2D eigenvalue weighted by Gasteiger charge is -2.29. The Morgan fingerprint density at radius 1 is 1.50 bits per heavy atom. The van der Waals surface area contributed by atoms with Gasteiger partial charge in [0.25, 0.3) is 0 Å². The summed E-state index contributed by atoms with van der Waals surface area (Å²) < 4.78 is 5.47. The Morgan fingerprint density at radius 3 is 2.89 bits per heavy atom. The number of hydrogen-bond donors (Lipinski definition) is 2. The molecule has 2 heterocycles. The molecule has 2 N–H and O–H groups in total. The van der Waals surface area contributed by atoms with Gasteiger partial charge in [0.15, 0.2) is 0 Å². The Kier molecular flexibility index (Phi) is 4.56. The highest BCUT2D eigenvalue weighted by Gasteiger charge is 2.42. The topological polar surface area (TPSA) is 50.4 Å². The summed E-state index contributed by atoms with van der Waals surface area (Å²) in [5.74, 6) is 1.38. The van der Waals surface area contributed by atoms with Crippen LogP contribution in [0.3, 0.4) is 0 Å². The highest BCUT2D eigenvalue weighted by atomic mass is 32.2. The Balaban J connectivity index is 1.89. The van der Waals surface area contributed by atoms with Gasteiger partial charge in [0.2, 0.25) is 5.91 Å². The van der Waals surface area contributed by atoms with E-state index in [0.717, 1.165) is 26.1 Å². The van der Waals surface area contributed by atoms with Gasteiger partial charge in [0, 0.05) is 24.9 Å². The van der Waals surface area contributed by atoms with E-state index in [9.17, 15) is 4.79 Å². The Bertz CT molecular complexity index is 297. The van der Waals surface area contributed by atoms with Gasteiger partial charge in [-0.05, 0) is 38.5 Å². The third kappa shape index (κ3) is 3.00. The number of hydrogen-bond acceptors (Lipinski definition) is 4. The highest BCUT2D eigenvalue weighted by Crippen LogP contribution is 2.37. The van der Waals surface area contributed by atoms with E-state index in [-0.39, 0.29) is 16.1 Å². The van der Waals surface area contributed by atoms with Crippen molar-refractivity contribution in [1.82, 2.24) is 10.6 Å². The molecule has 2 aliphatic heterocycles. The average molecular weight is 272 g/mol. The summed E-state index contributed by atoms with van der Waals surface area (Å²) in [6.45, 7) is 5.18. The molecule has 2 saturated heterocycles. The van der Waals surface area contributed by atoms with Crippen molar-refractivity contribution in [3.63, 3.8) is 0 Å². The Hall–Kier alpha value is -0.260. The molecule has 4 nitrogen and oxygen atoms in total. The van der Waals surface area contributed by atoms with Crippen LogP contribution >= 0.6 is 11.8 Å². The van der Waals surface area contributed by atoms with Crippen molar-refractivity contribution in [2.75, 3.05) is 39.1 Å². The van der Waals surface area contributed by atoms with E-state index in [1.165, 1.54) is 18.6 Å². The zero-order valence-electron chi connectivity index (χ0n) is 11.4. The minimum absolute atomic E-state index is 0.156. The second-order valence-corrected chi connectivity index (χ2v) is 7.41. The second-order valence-electron chi connectivity index (χ2n) is 5.72. The van der Waals surface area contributed by atoms with E-state index in [2.05, 4.69) is 17.6 Å². The predicted molar refractivity (Wildman–Crippen MR) is 74.9 cm³/mol. The summed E-state index contributed by atoms with van der Waals surface area (Å²) in [5, 5.41) is 6.42. The Labute approximate surface area is 114 Å². The van der Waals surface area contributed by atoms with Crippen LogP contribution in [0, 0.1) is 5.41 Å². The van der Waals surface area contributed by atoms with E-state index in [1.54, 1.807) is 7.11 Å². The fraction of sp³-hybridized carbons (Fsp3) is 0.923. The summed E-state index contributed by atoms with van der Waals surface area (Å²) in [7, 11) is 1.67. The van der Waals surface area contributed by atoms with Crippen molar-refractivity contribution in [3.05, 3.63) is 0 Å². The molecule has 1 amide bonds. The van der Waals surface area contributed by atoms with Crippen molar-refractivity contribution in [2.45, 2.75) is 30.9 Å². The van der Waals surface area contributed by atoms with Gasteiger partial charge < -0.3 is 15.4 Å². The minimum atomic E-state index is -0.353. The lowest BCUT2D eigenvalue weighted by molar-refractivity contribution is -0.133. The molecule has 5 heteroatoms. The molecule has 0 aromatic rings. The van der Waals surface area contributed by atoms with Crippen LogP contribution in [0.15, 0.2) is 0 Å². The lowest BCUT2D eigenvalue weighted by Crippen LogP contribution is -2.48. The van der Waals surface area contributed by atoms with Crippen molar-refractivity contribution >= 4 is 17.7 Å². The van der Waals surface area contributed by atoms with Crippen LogP contribution in [-0.2, 0) is 9.53 Å². The number of amides is 1. The van der Waals surface area contributed by atoms with Gasteiger partial charge in [0.05, 0.1) is 12.0 Å². The van der Waals surface area contributed by atoms with Crippen LogP contribution in [-0.4, -0.2) is 49.8 Å². The number of rotatable bonds is 5. The molecule has 0 aliphatic carbocycles. The normalized spacial score (nSPS) is 35.9. The Morgan fingerprint density at radius 2 is 2.33 bits per heavy atom. The van der Waals surface area contributed by atoms with Crippen LogP contribution in [0.1, 0.15) is 26.2 Å². The van der Waals surface area contributed by atoms with E-state index < -0.39 is 0 Å². The molecular weight excluding hydrogens is 248 g/mol. The maximum atomic E-state index is 12.4. The number of carbonyl (C=O) groups is 1. The fourth-order valence-electron chi connectivity index (χ4n) is 2.83. The highest BCUT2D eigenvalue weighted by molar-refractivity contribution is 8.00. The number of methoxy groups -OCH3 is 1. The molecule has 0 bridgehead atoms. The molecule has 104 valence electrons. The minimum Gasteiger partial charge on any atom is -0.384 e. The van der Waals surface area contributed by atoms with Crippen molar-refractivity contribution in [2.24, 2.45) is 5.41 Å². The smallest absolute Gasteiger partial charge is 0.229 e. The number of carbonyl (C=O) groups excluding carboxylic acids is 1. The van der Waals surface area contributed by atoms with Gasteiger partial charge in [0.1, 0.15) is 0 Å². The van der Waals surface area contributed by atoms with Crippen LogP contribution < -0.4 is 10.6 Å². The zero-order chi connectivity index (χ0) is 13.1. The average Bonchev–Trinajstić information content (AvgIpc) is 2.97. The van der Waals surface area contributed by atoms with Crippen LogP contribution in [0.25, 0.3) is 0 Å². The van der Waals surface area contributed by atoms with E-state index in [1.807, 2.05) is 11.8 Å². The molecular formula is C13H24N2O2S. The maximum Gasteiger partial charge on any atom is 0.229 e. The van der Waals surface area contributed by atoms with Gasteiger partial charge in [-0.1, -0.05) is 0 Å². The van der Waals surface area contributed by atoms with Gasteiger partial charge in [-0.15, -0.1) is 0 Å². The quantitative estimate of drug-likeness (QED) is 0.784. The lowest BCUT2D eigenvalue weighted by atomic mass is 9.87. The SMILES string of the molecule is COCC1(C(=O)NCC2(C)CCCS2)CCNC1. The van der Waals surface area contributed by atoms with Gasteiger partial charge in [-0.2, -0.15) is 11.8 Å². The predicted octanol–water partition coefficient (Wildman–Crippen LogP) is 1.01. The molecule has 0 saturated carbocycles. The molecule has 0 aromatic carbocycles. The van der Waals surface area contributed by atoms with Crippen molar-refractivity contribution < 1.29 is 9.53 Å². The van der Waals surface area contributed by atoms with Crippen LogP contribution in [0.4, 0.5) is 0 Å². The third-order valence-electron chi connectivity index (χ3n) is 4.07. The first kappa shape index (κ1) is 14.2. The largest absolute Gasteiger partial charge is 0.384 e. The second kappa shape index (κ2) is 5.80. The molecule has 2 rings (SSSR count). The summed E-state index contributed by atoms with van der Waals surface area (Å²) >= 11 is 1.98. The van der Waals surface area contributed by atoms with E-state index >= 15 is 0 Å². The number of nitrogens with one attached hydrogen (secondary N) is 2. The first-order valence-electron chi connectivity index (χ1n) is 6.72. The summed E-state index contributed by atoms with van der Waals surface area (Å²) in [4.78, 5) is 12.4. The summed E-state index contributed by atoms with van der Waals surface area (Å²) in [6.07, 6.45) is 3.34. The molecule has 2 fully saturated rings. The van der Waals surface area contributed by atoms with Crippen LogP contribution in [0.5, 0.6) is 0 Å². The first-order valence-corrected chi connectivity index (χ1v) is 7.71. The van der Waals surface area contributed by atoms with Gasteiger partial charge >= 0.3 is 0 Å². The number of ether oxygens (including phenoxy) is 1. The van der Waals surface area contributed by atoms with Gasteiger partial charge in [-0.25, -0.2) is 0 Å². The standard InChI is InChI=1S/C13H24N2O2S/c1-12(4-3-7-18-12)8-15-11(16)13(10-17-2)5-6-14-9-13/h14H,3-10H2,1-2H3,(H,15,16). The van der Waals surface area contributed by atoms with E-state index in [4.69, 9.17) is 4.74 Å². The third-order valence-corrected chi connectivity index (χ3v) is 5.61. The molecule has 2 aliphatic rings. The van der Waals surface area contributed by atoms with E-state index in [0.29, 0.717) is 6.61 Å². The molecule has 18 heavy (non-hydrogen) atoms. The molecule has 0 aromatic heterocycles. The number of thioether (sulfide) groups is 1. The summed E-state index contributed by atoms with van der Waals surface area (Å²) in [6, 6.07) is 0. The van der Waals surface area contributed by atoms with Crippen LogP contribution in [0.2, 0.25) is 0 Å². The first-order chi connectivity index (χ1) is 8.60. The summed E-state index contributed by atoms with van der Waals surface area (Å²) in [5.41, 5.74) is -0.353.